The Morgan fingerprint density at radius 3 is 2.20 bits per heavy atom. The van der Waals surface area contributed by atoms with E-state index in [0.717, 1.165) is 18.4 Å². The number of alkyl halides is 1. The van der Waals surface area contributed by atoms with Crippen LogP contribution < -0.4 is 14.2 Å². The predicted molar refractivity (Wildman–Crippen MR) is 83.5 cm³/mol. The van der Waals surface area contributed by atoms with Crippen LogP contribution in [0.1, 0.15) is 50.0 Å². The average Bonchev–Trinajstić information content (AvgIpc) is 2.49. The summed E-state index contributed by atoms with van der Waals surface area (Å²) in [6.45, 7) is 2.20. The van der Waals surface area contributed by atoms with E-state index in [4.69, 9.17) is 25.8 Å². The first-order chi connectivity index (χ1) is 9.69. The lowest BCUT2D eigenvalue weighted by Crippen LogP contribution is -2.01. The Kier molecular flexibility index (Phi) is 7.60. The van der Waals surface area contributed by atoms with Gasteiger partial charge in [0.2, 0.25) is 5.75 Å². The first-order valence-corrected chi connectivity index (χ1v) is 7.56. The number of rotatable bonds is 9. The number of benzene rings is 1. The highest BCUT2D eigenvalue weighted by Crippen LogP contribution is 2.44. The van der Waals surface area contributed by atoms with Crippen molar-refractivity contribution in [1.29, 1.82) is 0 Å². The number of hydrogen-bond acceptors (Lipinski definition) is 3. The zero-order valence-electron chi connectivity index (χ0n) is 12.9. The molecule has 1 aromatic carbocycles. The van der Waals surface area contributed by atoms with Gasteiger partial charge in [0, 0.05) is 5.56 Å². The highest BCUT2D eigenvalue weighted by Gasteiger charge is 2.20. The number of hydrogen-bond donors (Lipinski definition) is 0. The summed E-state index contributed by atoms with van der Waals surface area (Å²) >= 11 is 6.52. The molecular weight excluding hydrogens is 276 g/mol. The van der Waals surface area contributed by atoms with Crippen LogP contribution in [0.25, 0.3) is 0 Å². The maximum Gasteiger partial charge on any atom is 0.203 e. The van der Waals surface area contributed by atoms with Crippen molar-refractivity contribution in [3.05, 3.63) is 17.7 Å². The molecule has 1 atom stereocenters. The van der Waals surface area contributed by atoms with E-state index in [1.807, 2.05) is 12.1 Å². The lowest BCUT2D eigenvalue weighted by Gasteiger charge is -2.18. The minimum absolute atomic E-state index is 0.0680. The molecule has 0 saturated carbocycles. The molecular formula is C16H25ClO3. The molecule has 0 aliphatic carbocycles. The third kappa shape index (κ3) is 4.20. The maximum absolute atomic E-state index is 6.52. The molecule has 1 rings (SSSR count). The lowest BCUT2D eigenvalue weighted by molar-refractivity contribution is 0.321. The number of halogens is 1. The Morgan fingerprint density at radius 1 is 0.950 bits per heavy atom. The molecule has 20 heavy (non-hydrogen) atoms. The third-order valence-electron chi connectivity index (χ3n) is 3.38. The maximum atomic E-state index is 6.52. The van der Waals surface area contributed by atoms with Crippen molar-refractivity contribution < 1.29 is 14.2 Å². The Labute approximate surface area is 127 Å². The van der Waals surface area contributed by atoms with Gasteiger partial charge in [0.25, 0.3) is 0 Å². The number of methoxy groups -OCH3 is 3. The molecule has 0 aromatic heterocycles. The van der Waals surface area contributed by atoms with Gasteiger partial charge in [0.05, 0.1) is 26.7 Å². The molecule has 1 aromatic rings. The van der Waals surface area contributed by atoms with Gasteiger partial charge in [-0.05, 0) is 18.6 Å². The molecule has 0 amide bonds. The summed E-state index contributed by atoms with van der Waals surface area (Å²) in [5, 5.41) is -0.0680. The van der Waals surface area contributed by atoms with E-state index in [1.165, 1.54) is 19.3 Å². The largest absolute Gasteiger partial charge is 0.493 e. The van der Waals surface area contributed by atoms with Crippen molar-refractivity contribution in [2.24, 2.45) is 0 Å². The second kappa shape index (κ2) is 8.96. The van der Waals surface area contributed by atoms with Crippen LogP contribution in [0, 0.1) is 0 Å². The van der Waals surface area contributed by atoms with Crippen LogP contribution in [0.2, 0.25) is 0 Å². The van der Waals surface area contributed by atoms with Gasteiger partial charge in [-0.2, -0.15) is 0 Å². The quantitative estimate of drug-likeness (QED) is 0.476. The van der Waals surface area contributed by atoms with Crippen LogP contribution >= 0.6 is 11.6 Å². The van der Waals surface area contributed by atoms with E-state index in [0.29, 0.717) is 17.2 Å². The van der Waals surface area contributed by atoms with E-state index in [2.05, 4.69) is 6.92 Å². The highest BCUT2D eigenvalue weighted by molar-refractivity contribution is 6.21. The standard InChI is InChI=1S/C16H25ClO3/c1-5-6-7-8-9-13(17)12-10-11-14(18-2)16(20-4)15(12)19-3/h10-11,13H,5-9H2,1-4H3. The molecule has 3 nitrogen and oxygen atoms in total. The van der Waals surface area contributed by atoms with Gasteiger partial charge >= 0.3 is 0 Å². The van der Waals surface area contributed by atoms with Gasteiger partial charge in [-0.1, -0.05) is 32.6 Å². The monoisotopic (exact) mass is 300 g/mol. The van der Waals surface area contributed by atoms with E-state index >= 15 is 0 Å². The smallest absolute Gasteiger partial charge is 0.203 e. The average molecular weight is 301 g/mol. The lowest BCUT2D eigenvalue weighted by atomic mass is 10.0. The highest BCUT2D eigenvalue weighted by atomic mass is 35.5. The van der Waals surface area contributed by atoms with Gasteiger partial charge in [-0.25, -0.2) is 0 Å². The van der Waals surface area contributed by atoms with Crippen molar-refractivity contribution in [1.82, 2.24) is 0 Å². The van der Waals surface area contributed by atoms with E-state index in [-0.39, 0.29) is 5.38 Å². The van der Waals surface area contributed by atoms with Crippen molar-refractivity contribution in [2.75, 3.05) is 21.3 Å². The zero-order chi connectivity index (χ0) is 15.0. The summed E-state index contributed by atoms with van der Waals surface area (Å²) in [5.41, 5.74) is 0.961. The molecule has 4 heteroatoms. The molecule has 114 valence electrons. The van der Waals surface area contributed by atoms with Gasteiger partial charge in [0.1, 0.15) is 0 Å². The molecule has 1 unspecified atom stereocenters. The second-order valence-electron chi connectivity index (χ2n) is 4.74. The molecule has 0 N–H and O–H groups in total. The normalized spacial score (nSPS) is 12.1. The van der Waals surface area contributed by atoms with Gasteiger partial charge < -0.3 is 14.2 Å². The van der Waals surface area contributed by atoms with Crippen molar-refractivity contribution >= 4 is 11.6 Å². The first-order valence-electron chi connectivity index (χ1n) is 7.12. The summed E-state index contributed by atoms with van der Waals surface area (Å²) < 4.78 is 16.1. The van der Waals surface area contributed by atoms with Crippen molar-refractivity contribution in [3.63, 3.8) is 0 Å². The second-order valence-corrected chi connectivity index (χ2v) is 5.27. The molecule has 0 bridgehead atoms. The first kappa shape index (κ1) is 17.0. The number of unbranched alkanes of at least 4 members (excludes halogenated alkanes) is 3. The molecule has 0 saturated heterocycles. The Bertz CT molecular complexity index is 407. The summed E-state index contributed by atoms with van der Waals surface area (Å²) in [7, 11) is 4.84. The molecule has 0 heterocycles. The van der Waals surface area contributed by atoms with Crippen LogP contribution in [0.4, 0.5) is 0 Å². The van der Waals surface area contributed by atoms with Crippen molar-refractivity contribution in [2.45, 2.75) is 44.4 Å². The molecule has 0 fully saturated rings. The van der Waals surface area contributed by atoms with Crippen LogP contribution in [0.5, 0.6) is 17.2 Å². The van der Waals surface area contributed by atoms with Crippen LogP contribution in [-0.4, -0.2) is 21.3 Å². The van der Waals surface area contributed by atoms with Crippen molar-refractivity contribution in [3.8, 4) is 17.2 Å². The van der Waals surface area contributed by atoms with E-state index in [9.17, 15) is 0 Å². The van der Waals surface area contributed by atoms with Gasteiger partial charge in [-0.15, -0.1) is 11.6 Å². The fourth-order valence-corrected chi connectivity index (χ4v) is 2.60. The molecule has 0 radical (unpaired) electrons. The summed E-state index contributed by atoms with van der Waals surface area (Å²) in [4.78, 5) is 0. The minimum atomic E-state index is -0.0680. The Balaban J connectivity index is 2.88. The summed E-state index contributed by atoms with van der Waals surface area (Å²) in [6.07, 6.45) is 5.77. The topological polar surface area (TPSA) is 27.7 Å². The van der Waals surface area contributed by atoms with Gasteiger partial charge in [0.15, 0.2) is 11.5 Å². The van der Waals surface area contributed by atoms with E-state index in [1.54, 1.807) is 21.3 Å². The van der Waals surface area contributed by atoms with E-state index < -0.39 is 0 Å². The minimum Gasteiger partial charge on any atom is -0.493 e. The van der Waals surface area contributed by atoms with Crippen LogP contribution in [-0.2, 0) is 0 Å². The van der Waals surface area contributed by atoms with Crippen LogP contribution in [0.15, 0.2) is 12.1 Å². The fraction of sp³-hybridized carbons (Fsp3) is 0.625. The molecule has 0 spiro atoms. The van der Waals surface area contributed by atoms with Crippen LogP contribution in [0.3, 0.4) is 0 Å². The Morgan fingerprint density at radius 2 is 1.65 bits per heavy atom. The predicted octanol–water partition coefficient (Wildman–Crippen LogP) is 4.96. The molecule has 0 aliphatic rings. The summed E-state index contributed by atoms with van der Waals surface area (Å²) in [5.74, 6) is 1.93. The van der Waals surface area contributed by atoms with Gasteiger partial charge in [-0.3, -0.25) is 0 Å². The Hall–Kier alpha value is -1.09. The summed E-state index contributed by atoms with van der Waals surface area (Å²) in [6, 6.07) is 3.83. The number of ether oxygens (including phenoxy) is 3. The fourth-order valence-electron chi connectivity index (χ4n) is 2.28. The zero-order valence-corrected chi connectivity index (χ0v) is 13.6. The SMILES string of the molecule is CCCCCCC(Cl)c1ccc(OC)c(OC)c1OC. The molecule has 0 aliphatic heterocycles. The third-order valence-corrected chi connectivity index (χ3v) is 3.84.